The highest BCUT2D eigenvalue weighted by atomic mass is 32.2. The van der Waals surface area contributed by atoms with Crippen molar-refractivity contribution in [3.8, 4) is 5.75 Å². The van der Waals surface area contributed by atoms with Crippen LogP contribution in [0.25, 0.3) is 0 Å². The van der Waals surface area contributed by atoms with E-state index in [0.29, 0.717) is 13.1 Å². The highest BCUT2D eigenvalue weighted by Gasteiger charge is 2.51. The Morgan fingerprint density at radius 1 is 1.11 bits per heavy atom. The summed E-state index contributed by atoms with van der Waals surface area (Å²) in [5, 5.41) is 13.3. The maximum Gasteiger partial charge on any atom is 0.506 e. The molecular weight excluding hydrogens is 500 g/mol. The number of benzene rings is 3. The SMILES string of the molecule is COc1ccc([S+](C)[O-])cc1CN[C@H]1[C@@H]2CCN(C[C@@H]2OC(=O)O)[C@H]1C(c1ccccc1)c1ccccc1. The van der Waals surface area contributed by atoms with E-state index in [1.165, 1.54) is 11.1 Å². The molecule has 8 heteroatoms. The second kappa shape index (κ2) is 11.8. The number of piperidine rings is 3. The molecule has 7 nitrogen and oxygen atoms in total. The number of hydrogen-bond acceptors (Lipinski definition) is 6. The molecule has 3 heterocycles. The monoisotopic (exact) mass is 534 g/mol. The summed E-state index contributed by atoms with van der Waals surface area (Å²) in [6.07, 6.45) is 0.874. The predicted molar refractivity (Wildman–Crippen MR) is 147 cm³/mol. The first-order valence-corrected chi connectivity index (χ1v) is 14.5. The van der Waals surface area contributed by atoms with Crippen LogP contribution in [0.1, 0.15) is 29.0 Å². The molecule has 3 saturated heterocycles. The zero-order valence-electron chi connectivity index (χ0n) is 21.7. The lowest BCUT2D eigenvalue weighted by Crippen LogP contribution is -2.69. The second-order valence-electron chi connectivity index (χ2n) is 9.99. The van der Waals surface area contributed by atoms with Gasteiger partial charge in [0, 0.05) is 48.6 Å². The van der Waals surface area contributed by atoms with Gasteiger partial charge in [-0.2, -0.15) is 0 Å². The molecule has 2 unspecified atom stereocenters. The van der Waals surface area contributed by atoms with Gasteiger partial charge < -0.3 is 24.4 Å². The predicted octanol–water partition coefficient (Wildman–Crippen LogP) is 4.49. The summed E-state index contributed by atoms with van der Waals surface area (Å²) >= 11 is -1.11. The van der Waals surface area contributed by atoms with Gasteiger partial charge in [-0.1, -0.05) is 60.7 Å². The van der Waals surface area contributed by atoms with Gasteiger partial charge >= 0.3 is 6.16 Å². The van der Waals surface area contributed by atoms with E-state index in [9.17, 15) is 14.5 Å². The molecule has 3 aliphatic rings. The molecule has 38 heavy (non-hydrogen) atoms. The minimum absolute atomic E-state index is 0.0190. The molecule has 0 aromatic heterocycles. The van der Waals surface area contributed by atoms with Crippen molar-refractivity contribution in [2.45, 2.75) is 42.0 Å². The molecule has 3 aromatic rings. The van der Waals surface area contributed by atoms with Crippen LogP contribution in [0.15, 0.2) is 83.8 Å². The van der Waals surface area contributed by atoms with Crippen LogP contribution in [-0.4, -0.2) is 65.4 Å². The van der Waals surface area contributed by atoms with Crippen molar-refractivity contribution in [2.75, 3.05) is 26.5 Å². The van der Waals surface area contributed by atoms with E-state index in [-0.39, 0.29) is 23.9 Å². The fraction of sp³-hybridized carbons (Fsp3) is 0.367. The standard InChI is InChI=1S/C30H34N2O5S/c1-36-25-14-13-23(38(2)35)17-22(25)18-31-28-24-15-16-32(19-26(24)37-30(33)34)29(28)27(20-9-5-3-6-10-20)21-11-7-4-8-12-21/h3-14,17,24,26-29,31H,15-16,18-19H2,1-2H3,(H,33,34)/t24-,26+,28+,29+,38?/m1/s1. The van der Waals surface area contributed by atoms with E-state index in [2.05, 4.69) is 58.7 Å². The van der Waals surface area contributed by atoms with Crippen LogP contribution >= 0.6 is 0 Å². The van der Waals surface area contributed by atoms with Crippen molar-refractivity contribution < 1.29 is 23.9 Å². The minimum atomic E-state index is -1.23. The molecule has 2 N–H and O–H groups in total. The molecule has 0 spiro atoms. The maximum absolute atomic E-state index is 12.2. The van der Waals surface area contributed by atoms with Crippen molar-refractivity contribution >= 4 is 17.3 Å². The summed E-state index contributed by atoms with van der Waals surface area (Å²) < 4.78 is 23.2. The highest BCUT2D eigenvalue weighted by Crippen LogP contribution is 2.43. The second-order valence-corrected chi connectivity index (χ2v) is 11.4. The van der Waals surface area contributed by atoms with E-state index in [4.69, 9.17) is 9.47 Å². The van der Waals surface area contributed by atoms with Crippen LogP contribution in [-0.2, 0) is 22.5 Å². The van der Waals surface area contributed by atoms with Crippen LogP contribution in [0.4, 0.5) is 4.79 Å². The molecule has 3 fully saturated rings. The van der Waals surface area contributed by atoms with Crippen LogP contribution in [0, 0.1) is 5.92 Å². The van der Waals surface area contributed by atoms with Crippen LogP contribution < -0.4 is 10.1 Å². The van der Waals surface area contributed by atoms with Gasteiger partial charge in [-0.15, -0.1) is 0 Å². The lowest BCUT2D eigenvalue weighted by molar-refractivity contribution is -0.0951. The zero-order chi connectivity index (χ0) is 26.6. The van der Waals surface area contributed by atoms with Gasteiger partial charge in [0.1, 0.15) is 18.1 Å². The van der Waals surface area contributed by atoms with E-state index in [1.807, 2.05) is 30.3 Å². The largest absolute Gasteiger partial charge is 0.612 e. The first-order valence-electron chi connectivity index (χ1n) is 12.9. The third-order valence-corrected chi connectivity index (χ3v) is 8.83. The van der Waals surface area contributed by atoms with Gasteiger partial charge in [0.2, 0.25) is 0 Å². The minimum Gasteiger partial charge on any atom is -0.612 e. The molecule has 0 amide bonds. The number of carboxylic acid groups (broad SMARTS) is 1. The van der Waals surface area contributed by atoms with Gasteiger partial charge in [0.05, 0.1) is 7.11 Å². The molecule has 6 atom stereocenters. The van der Waals surface area contributed by atoms with Crippen molar-refractivity contribution in [2.24, 2.45) is 5.92 Å². The molecule has 3 aromatic carbocycles. The fourth-order valence-electron chi connectivity index (χ4n) is 6.27. The Kier molecular flexibility index (Phi) is 8.24. The number of ether oxygens (including phenoxy) is 2. The average molecular weight is 535 g/mol. The average Bonchev–Trinajstić information content (AvgIpc) is 2.93. The molecule has 0 saturated carbocycles. The Morgan fingerprint density at radius 2 is 1.76 bits per heavy atom. The molecular formula is C30H34N2O5S. The first-order chi connectivity index (χ1) is 18.5. The lowest BCUT2D eigenvalue weighted by Gasteiger charge is -2.56. The number of fused-ring (bicyclic) bond motifs is 3. The van der Waals surface area contributed by atoms with Crippen molar-refractivity contribution in [1.29, 1.82) is 0 Å². The summed E-state index contributed by atoms with van der Waals surface area (Å²) in [7, 11) is 1.63. The van der Waals surface area contributed by atoms with E-state index < -0.39 is 23.4 Å². The molecule has 0 aliphatic carbocycles. The highest BCUT2D eigenvalue weighted by molar-refractivity contribution is 7.90. The van der Waals surface area contributed by atoms with E-state index >= 15 is 0 Å². The number of rotatable bonds is 9. The Balaban J connectivity index is 1.53. The van der Waals surface area contributed by atoms with Gasteiger partial charge in [0.25, 0.3) is 0 Å². The number of nitrogens with one attached hydrogen (secondary N) is 1. The summed E-state index contributed by atoms with van der Waals surface area (Å²) in [6.45, 7) is 1.95. The summed E-state index contributed by atoms with van der Waals surface area (Å²) in [5.74, 6) is 0.830. The molecule has 200 valence electrons. The summed E-state index contributed by atoms with van der Waals surface area (Å²) in [4.78, 5) is 14.7. The quantitative estimate of drug-likeness (QED) is 0.309. The smallest absolute Gasteiger partial charge is 0.506 e. The number of methoxy groups -OCH3 is 1. The zero-order valence-corrected chi connectivity index (χ0v) is 22.5. The van der Waals surface area contributed by atoms with Gasteiger partial charge in [-0.05, 0) is 47.4 Å². The molecule has 3 aliphatic heterocycles. The van der Waals surface area contributed by atoms with Crippen LogP contribution in [0.5, 0.6) is 5.75 Å². The normalized spacial score (nSPS) is 25.2. The van der Waals surface area contributed by atoms with Crippen molar-refractivity contribution in [3.63, 3.8) is 0 Å². The van der Waals surface area contributed by atoms with Crippen LogP contribution in [0.2, 0.25) is 0 Å². The Labute approximate surface area is 227 Å². The summed E-state index contributed by atoms with van der Waals surface area (Å²) in [6, 6.07) is 26.7. The topological polar surface area (TPSA) is 94.1 Å². The van der Waals surface area contributed by atoms with Gasteiger partial charge in [-0.3, -0.25) is 4.90 Å². The Bertz CT molecular complexity index is 1190. The van der Waals surface area contributed by atoms with Crippen molar-refractivity contribution in [1.82, 2.24) is 10.2 Å². The lowest BCUT2D eigenvalue weighted by atomic mass is 9.69. The Morgan fingerprint density at radius 3 is 2.34 bits per heavy atom. The van der Waals surface area contributed by atoms with Gasteiger partial charge in [-0.25, -0.2) is 4.79 Å². The third-order valence-electron chi connectivity index (χ3n) is 7.92. The Hall–Kier alpha value is -3.04. The van der Waals surface area contributed by atoms with Gasteiger partial charge in [0.15, 0.2) is 4.90 Å². The van der Waals surface area contributed by atoms with Crippen LogP contribution in [0.3, 0.4) is 0 Å². The van der Waals surface area contributed by atoms with E-state index in [1.54, 1.807) is 13.4 Å². The summed E-state index contributed by atoms with van der Waals surface area (Å²) in [5.41, 5.74) is 3.36. The number of hydrogen-bond donors (Lipinski definition) is 2. The molecule has 2 bridgehead atoms. The fourth-order valence-corrected chi connectivity index (χ4v) is 6.84. The number of nitrogens with zero attached hydrogens (tertiary/aromatic N) is 1. The molecule has 0 radical (unpaired) electrons. The first kappa shape index (κ1) is 26.6. The van der Waals surface area contributed by atoms with Crippen molar-refractivity contribution in [3.05, 3.63) is 95.6 Å². The molecule has 6 rings (SSSR count). The number of carbonyl (C=O) groups is 1. The maximum atomic E-state index is 12.2. The third kappa shape index (κ3) is 5.54. The van der Waals surface area contributed by atoms with E-state index in [0.717, 1.165) is 29.2 Å².